The van der Waals surface area contributed by atoms with E-state index in [0.29, 0.717) is 5.88 Å². The van der Waals surface area contributed by atoms with Crippen LogP contribution in [0.15, 0.2) is 18.3 Å². The van der Waals surface area contributed by atoms with E-state index in [1.807, 2.05) is 26.0 Å². The van der Waals surface area contributed by atoms with Crippen molar-refractivity contribution in [3.63, 3.8) is 0 Å². The topological polar surface area (TPSA) is 22.1 Å². The van der Waals surface area contributed by atoms with Crippen molar-refractivity contribution in [2.24, 2.45) is 0 Å². The third-order valence-corrected chi connectivity index (χ3v) is 1.91. The van der Waals surface area contributed by atoms with Crippen molar-refractivity contribution in [3.8, 4) is 5.88 Å². The average Bonchev–Trinajstić information content (AvgIpc) is 2.03. The Balaban J connectivity index is 3.02. The fraction of sp³-hybridized carbons (Fsp3) is 0.444. The molecule has 0 radical (unpaired) electrons. The van der Waals surface area contributed by atoms with Gasteiger partial charge in [-0.1, -0.05) is 0 Å². The Morgan fingerprint density at radius 3 is 2.67 bits per heavy atom. The van der Waals surface area contributed by atoms with Crippen molar-refractivity contribution in [2.45, 2.75) is 18.6 Å². The first kappa shape index (κ1) is 9.39. The van der Waals surface area contributed by atoms with Gasteiger partial charge in [-0.2, -0.15) is 12.6 Å². The second-order valence-electron chi connectivity index (χ2n) is 3.15. The number of nitrogens with zero attached hydrogens (tertiary/aromatic N) is 1. The highest BCUT2D eigenvalue weighted by Crippen LogP contribution is 2.28. The van der Waals surface area contributed by atoms with Gasteiger partial charge in [0, 0.05) is 17.0 Å². The number of methoxy groups -OCH3 is 1. The van der Waals surface area contributed by atoms with Crippen LogP contribution in [0.3, 0.4) is 0 Å². The summed E-state index contributed by atoms with van der Waals surface area (Å²) >= 11 is 4.45. The van der Waals surface area contributed by atoms with Crippen molar-refractivity contribution in [3.05, 3.63) is 23.9 Å². The normalized spacial score (nSPS) is 11.3. The zero-order chi connectivity index (χ0) is 9.19. The number of thiol groups is 1. The van der Waals surface area contributed by atoms with E-state index >= 15 is 0 Å². The van der Waals surface area contributed by atoms with Crippen molar-refractivity contribution >= 4 is 12.6 Å². The maximum Gasteiger partial charge on any atom is 0.213 e. The summed E-state index contributed by atoms with van der Waals surface area (Å²) in [7, 11) is 1.61. The lowest BCUT2D eigenvalue weighted by Crippen LogP contribution is -2.07. The van der Waals surface area contributed by atoms with Crippen LogP contribution >= 0.6 is 12.6 Å². The summed E-state index contributed by atoms with van der Waals surface area (Å²) in [4.78, 5) is 4.02. The Hall–Kier alpha value is -0.700. The molecule has 66 valence electrons. The van der Waals surface area contributed by atoms with Crippen LogP contribution in [0.2, 0.25) is 0 Å². The molecule has 3 heteroatoms. The minimum absolute atomic E-state index is 0.143. The predicted octanol–water partition coefficient (Wildman–Crippen LogP) is 2.26. The average molecular weight is 183 g/mol. The van der Waals surface area contributed by atoms with Crippen LogP contribution in [-0.2, 0) is 4.75 Å². The smallest absolute Gasteiger partial charge is 0.213 e. The molecule has 0 atom stereocenters. The molecule has 1 aromatic heterocycles. The van der Waals surface area contributed by atoms with Gasteiger partial charge in [0.05, 0.1) is 7.11 Å². The number of hydrogen-bond donors (Lipinski definition) is 1. The standard InChI is InChI=1S/C9H13NOS/c1-9(2,12)7-4-5-10-8(6-7)11-3/h4-6,12H,1-3H3. The highest BCUT2D eigenvalue weighted by Gasteiger charge is 2.15. The highest BCUT2D eigenvalue weighted by molar-refractivity contribution is 7.81. The lowest BCUT2D eigenvalue weighted by atomic mass is 10.0. The summed E-state index contributed by atoms with van der Waals surface area (Å²) in [5, 5.41) is 0. The van der Waals surface area contributed by atoms with Gasteiger partial charge in [-0.3, -0.25) is 0 Å². The molecule has 0 aromatic carbocycles. The summed E-state index contributed by atoms with van der Waals surface area (Å²) in [5.74, 6) is 0.634. The first-order valence-electron chi connectivity index (χ1n) is 3.77. The molecule has 1 aromatic rings. The van der Waals surface area contributed by atoms with E-state index < -0.39 is 0 Å². The molecule has 12 heavy (non-hydrogen) atoms. The molecule has 0 aliphatic carbocycles. The summed E-state index contributed by atoms with van der Waals surface area (Å²) in [5.41, 5.74) is 1.11. The van der Waals surface area contributed by atoms with Crippen molar-refractivity contribution in [1.29, 1.82) is 0 Å². The summed E-state index contributed by atoms with van der Waals surface area (Å²) in [6, 6.07) is 3.84. The zero-order valence-electron chi connectivity index (χ0n) is 7.53. The van der Waals surface area contributed by atoms with Gasteiger partial charge in [-0.25, -0.2) is 4.98 Å². The van der Waals surface area contributed by atoms with E-state index in [4.69, 9.17) is 4.74 Å². The second-order valence-corrected chi connectivity index (χ2v) is 4.26. The Morgan fingerprint density at radius 2 is 2.17 bits per heavy atom. The maximum atomic E-state index is 5.00. The first-order chi connectivity index (χ1) is 5.54. The number of hydrogen-bond acceptors (Lipinski definition) is 3. The molecule has 0 amide bonds. The maximum absolute atomic E-state index is 5.00. The molecule has 1 rings (SSSR count). The Labute approximate surface area is 78.4 Å². The molecule has 0 bridgehead atoms. The molecular weight excluding hydrogens is 170 g/mol. The van der Waals surface area contributed by atoms with E-state index in [9.17, 15) is 0 Å². The van der Waals surface area contributed by atoms with Crippen LogP contribution in [0.1, 0.15) is 19.4 Å². The Morgan fingerprint density at radius 1 is 1.50 bits per heavy atom. The fourth-order valence-corrected chi connectivity index (χ4v) is 1.04. The second kappa shape index (κ2) is 3.35. The molecule has 0 aliphatic heterocycles. The number of ether oxygens (including phenoxy) is 1. The zero-order valence-corrected chi connectivity index (χ0v) is 8.43. The van der Waals surface area contributed by atoms with E-state index in [1.54, 1.807) is 13.3 Å². The van der Waals surface area contributed by atoms with Crippen LogP contribution in [0.5, 0.6) is 5.88 Å². The van der Waals surface area contributed by atoms with Crippen LogP contribution in [0, 0.1) is 0 Å². The van der Waals surface area contributed by atoms with Gasteiger partial charge in [-0.15, -0.1) is 0 Å². The van der Waals surface area contributed by atoms with Crippen LogP contribution in [0.4, 0.5) is 0 Å². The van der Waals surface area contributed by atoms with Gasteiger partial charge in [0.25, 0.3) is 0 Å². The van der Waals surface area contributed by atoms with Gasteiger partial charge in [-0.05, 0) is 25.5 Å². The van der Waals surface area contributed by atoms with Crippen LogP contribution < -0.4 is 4.74 Å². The molecule has 0 N–H and O–H groups in total. The number of pyridine rings is 1. The van der Waals surface area contributed by atoms with Gasteiger partial charge in [0.1, 0.15) is 0 Å². The Kier molecular flexibility index (Phi) is 2.62. The molecule has 0 saturated heterocycles. The Bertz CT molecular complexity index is 267. The van der Waals surface area contributed by atoms with E-state index in [1.165, 1.54) is 0 Å². The summed E-state index contributed by atoms with van der Waals surface area (Å²) in [6.45, 7) is 4.07. The van der Waals surface area contributed by atoms with E-state index in [0.717, 1.165) is 5.56 Å². The molecule has 0 aliphatic rings. The van der Waals surface area contributed by atoms with Crippen molar-refractivity contribution in [2.75, 3.05) is 7.11 Å². The first-order valence-corrected chi connectivity index (χ1v) is 4.21. The molecule has 2 nitrogen and oxygen atoms in total. The van der Waals surface area contributed by atoms with Crippen molar-refractivity contribution in [1.82, 2.24) is 4.98 Å². The third-order valence-electron chi connectivity index (χ3n) is 1.65. The minimum atomic E-state index is -0.143. The van der Waals surface area contributed by atoms with Crippen LogP contribution in [-0.4, -0.2) is 12.1 Å². The van der Waals surface area contributed by atoms with Crippen LogP contribution in [0.25, 0.3) is 0 Å². The number of rotatable bonds is 2. The quantitative estimate of drug-likeness (QED) is 0.710. The van der Waals surface area contributed by atoms with Gasteiger partial charge in [0.2, 0.25) is 5.88 Å². The highest BCUT2D eigenvalue weighted by atomic mass is 32.1. The number of aromatic nitrogens is 1. The largest absolute Gasteiger partial charge is 0.481 e. The van der Waals surface area contributed by atoms with Gasteiger partial charge in [0.15, 0.2) is 0 Å². The minimum Gasteiger partial charge on any atom is -0.481 e. The third kappa shape index (κ3) is 2.14. The molecule has 0 unspecified atom stereocenters. The predicted molar refractivity (Wildman–Crippen MR) is 52.8 cm³/mol. The summed E-state index contributed by atoms with van der Waals surface area (Å²) < 4.78 is 4.86. The molecular formula is C9H13NOS. The lowest BCUT2D eigenvalue weighted by Gasteiger charge is -2.17. The van der Waals surface area contributed by atoms with E-state index in [-0.39, 0.29) is 4.75 Å². The molecule has 0 fully saturated rings. The monoisotopic (exact) mass is 183 g/mol. The molecule has 0 saturated carbocycles. The molecule has 0 spiro atoms. The van der Waals surface area contributed by atoms with Gasteiger partial charge < -0.3 is 4.74 Å². The lowest BCUT2D eigenvalue weighted by molar-refractivity contribution is 0.397. The summed E-state index contributed by atoms with van der Waals surface area (Å²) in [6.07, 6.45) is 1.73. The SMILES string of the molecule is COc1cc(C(C)(C)S)ccn1. The van der Waals surface area contributed by atoms with E-state index in [2.05, 4.69) is 17.6 Å². The molecule has 1 heterocycles. The fourth-order valence-electron chi connectivity index (χ4n) is 0.902. The van der Waals surface area contributed by atoms with Gasteiger partial charge >= 0.3 is 0 Å². The van der Waals surface area contributed by atoms with Crippen molar-refractivity contribution < 1.29 is 4.74 Å².